The van der Waals surface area contributed by atoms with Gasteiger partial charge in [0, 0.05) is 36.3 Å². The molecule has 0 aliphatic rings. The molecule has 0 aliphatic carbocycles. The third-order valence-electron chi connectivity index (χ3n) is 2.73. The highest BCUT2D eigenvalue weighted by Crippen LogP contribution is 2.21. The minimum Gasteiger partial charge on any atom is -0.382 e. The maximum atomic E-state index is 6.14. The van der Waals surface area contributed by atoms with Crippen molar-refractivity contribution < 1.29 is 4.74 Å². The number of benzene rings is 1. The van der Waals surface area contributed by atoms with E-state index in [1.54, 1.807) is 6.07 Å². The van der Waals surface area contributed by atoms with Crippen LogP contribution in [0.1, 0.15) is 25.8 Å². The molecule has 1 aromatic carbocycles. The first kappa shape index (κ1) is 21.8. The third-order valence-corrected chi connectivity index (χ3v) is 3.32. The largest absolute Gasteiger partial charge is 0.382 e. The zero-order valence-corrected chi connectivity index (χ0v) is 16.8. The van der Waals surface area contributed by atoms with E-state index in [9.17, 15) is 0 Å². The normalized spacial score (nSPS) is 11.0. The van der Waals surface area contributed by atoms with Crippen molar-refractivity contribution in [3.8, 4) is 0 Å². The second kappa shape index (κ2) is 13.2. The van der Waals surface area contributed by atoms with Crippen molar-refractivity contribution in [3.05, 3.63) is 33.8 Å². The highest BCUT2D eigenvalue weighted by molar-refractivity contribution is 14.0. The van der Waals surface area contributed by atoms with Crippen LogP contribution in [0, 0.1) is 0 Å². The van der Waals surface area contributed by atoms with Crippen LogP contribution in [0.25, 0.3) is 0 Å². The van der Waals surface area contributed by atoms with Crippen LogP contribution in [-0.2, 0) is 11.3 Å². The molecular formula is C15H24Cl2IN3O. The fraction of sp³-hybridized carbons (Fsp3) is 0.533. The van der Waals surface area contributed by atoms with E-state index < -0.39 is 0 Å². The molecule has 0 radical (unpaired) electrons. The van der Waals surface area contributed by atoms with E-state index in [4.69, 9.17) is 27.9 Å². The molecular weight excluding hydrogens is 436 g/mol. The molecule has 0 amide bonds. The molecule has 0 heterocycles. The van der Waals surface area contributed by atoms with Crippen LogP contribution in [0.4, 0.5) is 0 Å². The monoisotopic (exact) mass is 459 g/mol. The van der Waals surface area contributed by atoms with E-state index >= 15 is 0 Å². The lowest BCUT2D eigenvalue weighted by Crippen LogP contribution is -2.38. The smallest absolute Gasteiger partial charge is 0.191 e. The van der Waals surface area contributed by atoms with Crippen LogP contribution in [0.3, 0.4) is 0 Å². The van der Waals surface area contributed by atoms with Crippen LogP contribution in [0.15, 0.2) is 23.2 Å². The van der Waals surface area contributed by atoms with Gasteiger partial charge in [-0.15, -0.1) is 24.0 Å². The predicted molar refractivity (Wildman–Crippen MR) is 106 cm³/mol. The van der Waals surface area contributed by atoms with Crippen LogP contribution in [0.2, 0.25) is 10.0 Å². The van der Waals surface area contributed by atoms with Crippen molar-refractivity contribution >= 4 is 53.1 Å². The van der Waals surface area contributed by atoms with Crippen molar-refractivity contribution in [3.63, 3.8) is 0 Å². The molecule has 0 aliphatic heterocycles. The third kappa shape index (κ3) is 9.02. The Morgan fingerprint density at radius 1 is 1.23 bits per heavy atom. The van der Waals surface area contributed by atoms with E-state index in [1.807, 2.05) is 26.0 Å². The lowest BCUT2D eigenvalue weighted by atomic mass is 10.2. The summed E-state index contributed by atoms with van der Waals surface area (Å²) in [6, 6.07) is 5.45. The molecule has 0 atom stereocenters. The number of guanidine groups is 1. The first-order valence-electron chi connectivity index (χ1n) is 7.21. The first-order chi connectivity index (χ1) is 10.2. The van der Waals surface area contributed by atoms with Gasteiger partial charge in [-0.2, -0.15) is 0 Å². The molecule has 0 unspecified atom stereocenters. The molecule has 0 saturated heterocycles. The number of rotatable bonds is 8. The van der Waals surface area contributed by atoms with Gasteiger partial charge in [0.2, 0.25) is 0 Å². The Morgan fingerprint density at radius 3 is 2.64 bits per heavy atom. The van der Waals surface area contributed by atoms with E-state index in [0.29, 0.717) is 16.6 Å². The highest BCUT2D eigenvalue weighted by Gasteiger charge is 2.02. The zero-order valence-electron chi connectivity index (χ0n) is 13.0. The SMILES string of the molecule is CCNC(=NCc1ccc(Cl)cc1Cl)NCCCOCC.I. The van der Waals surface area contributed by atoms with Gasteiger partial charge in [-0.1, -0.05) is 29.3 Å². The van der Waals surface area contributed by atoms with Crippen LogP contribution in [0.5, 0.6) is 0 Å². The second-order valence-electron chi connectivity index (χ2n) is 4.41. The molecule has 7 heteroatoms. The van der Waals surface area contributed by atoms with Gasteiger partial charge in [0.15, 0.2) is 5.96 Å². The summed E-state index contributed by atoms with van der Waals surface area (Å²) in [7, 11) is 0. The topological polar surface area (TPSA) is 45.7 Å². The summed E-state index contributed by atoms with van der Waals surface area (Å²) >= 11 is 12.0. The summed E-state index contributed by atoms with van der Waals surface area (Å²) in [5.74, 6) is 0.778. The van der Waals surface area contributed by atoms with Gasteiger partial charge >= 0.3 is 0 Å². The highest BCUT2D eigenvalue weighted by atomic mass is 127. The van der Waals surface area contributed by atoms with Gasteiger partial charge in [0.25, 0.3) is 0 Å². The molecule has 126 valence electrons. The lowest BCUT2D eigenvalue weighted by molar-refractivity contribution is 0.145. The average Bonchev–Trinajstić information content (AvgIpc) is 2.46. The molecule has 1 rings (SSSR count). The Hall–Kier alpha value is -0.240. The number of hydrogen-bond acceptors (Lipinski definition) is 2. The van der Waals surface area contributed by atoms with Crippen LogP contribution >= 0.6 is 47.2 Å². The van der Waals surface area contributed by atoms with E-state index in [0.717, 1.165) is 44.2 Å². The number of nitrogens with zero attached hydrogens (tertiary/aromatic N) is 1. The summed E-state index contributed by atoms with van der Waals surface area (Å²) in [5.41, 5.74) is 0.951. The number of nitrogens with one attached hydrogen (secondary N) is 2. The first-order valence-corrected chi connectivity index (χ1v) is 7.96. The summed E-state index contributed by atoms with van der Waals surface area (Å²) in [5, 5.41) is 7.74. The molecule has 0 aromatic heterocycles. The second-order valence-corrected chi connectivity index (χ2v) is 5.25. The summed E-state index contributed by atoms with van der Waals surface area (Å²) in [6.07, 6.45) is 0.944. The fourth-order valence-corrected chi connectivity index (χ4v) is 2.15. The van der Waals surface area contributed by atoms with Crippen molar-refractivity contribution in [2.24, 2.45) is 4.99 Å². The van der Waals surface area contributed by atoms with E-state index in [-0.39, 0.29) is 24.0 Å². The van der Waals surface area contributed by atoms with Gasteiger partial charge in [0.05, 0.1) is 6.54 Å². The minimum absolute atomic E-state index is 0. The number of hydrogen-bond donors (Lipinski definition) is 2. The molecule has 22 heavy (non-hydrogen) atoms. The molecule has 2 N–H and O–H groups in total. The summed E-state index contributed by atoms with van der Waals surface area (Å²) in [4.78, 5) is 4.52. The minimum atomic E-state index is 0. The maximum absolute atomic E-state index is 6.14. The van der Waals surface area contributed by atoms with E-state index in [1.165, 1.54) is 0 Å². The lowest BCUT2D eigenvalue weighted by Gasteiger charge is -2.11. The van der Waals surface area contributed by atoms with Gasteiger partial charge in [-0.05, 0) is 38.0 Å². The molecule has 0 bridgehead atoms. The Bertz CT molecular complexity index is 458. The zero-order chi connectivity index (χ0) is 15.5. The van der Waals surface area contributed by atoms with Crippen molar-refractivity contribution in [2.45, 2.75) is 26.8 Å². The Kier molecular flexibility index (Phi) is 13.1. The molecule has 0 spiro atoms. The number of halogens is 3. The molecule has 4 nitrogen and oxygen atoms in total. The van der Waals surface area contributed by atoms with Gasteiger partial charge in [-0.25, -0.2) is 4.99 Å². The molecule has 1 aromatic rings. The van der Waals surface area contributed by atoms with Crippen molar-refractivity contribution in [1.82, 2.24) is 10.6 Å². The Morgan fingerprint density at radius 2 is 2.00 bits per heavy atom. The van der Waals surface area contributed by atoms with E-state index in [2.05, 4.69) is 15.6 Å². The van der Waals surface area contributed by atoms with Gasteiger partial charge < -0.3 is 15.4 Å². The molecule has 0 saturated carbocycles. The summed E-state index contributed by atoms with van der Waals surface area (Å²) in [6.45, 7) is 7.68. The fourth-order valence-electron chi connectivity index (χ4n) is 1.68. The van der Waals surface area contributed by atoms with Gasteiger partial charge in [-0.3, -0.25) is 0 Å². The standard InChI is InChI=1S/C15H23Cl2N3O.HI/c1-3-18-15(19-8-5-9-21-4-2)20-11-12-6-7-13(16)10-14(12)17;/h6-7,10H,3-5,8-9,11H2,1-2H3,(H2,18,19,20);1H. The van der Waals surface area contributed by atoms with Crippen molar-refractivity contribution in [1.29, 1.82) is 0 Å². The Labute approximate surface area is 160 Å². The quantitative estimate of drug-likeness (QED) is 0.266. The maximum Gasteiger partial charge on any atom is 0.191 e. The van der Waals surface area contributed by atoms with Crippen LogP contribution < -0.4 is 10.6 Å². The Balaban J connectivity index is 0.00000441. The summed E-state index contributed by atoms with van der Waals surface area (Å²) < 4.78 is 5.30. The number of ether oxygens (including phenoxy) is 1. The molecule has 0 fully saturated rings. The van der Waals surface area contributed by atoms with Crippen LogP contribution in [-0.4, -0.2) is 32.3 Å². The predicted octanol–water partition coefficient (Wildman–Crippen LogP) is 4.09. The number of aliphatic imine (C=N–C) groups is 1. The average molecular weight is 460 g/mol. The van der Waals surface area contributed by atoms with Gasteiger partial charge in [0.1, 0.15) is 0 Å². The van der Waals surface area contributed by atoms with Crippen molar-refractivity contribution in [2.75, 3.05) is 26.3 Å².